The first-order valence-corrected chi connectivity index (χ1v) is 6.34. The Balaban J connectivity index is 1.96. The zero-order chi connectivity index (χ0) is 14.1. The lowest BCUT2D eigenvalue weighted by Gasteiger charge is -2.14. The summed E-state index contributed by atoms with van der Waals surface area (Å²) in [7, 11) is 0. The summed E-state index contributed by atoms with van der Waals surface area (Å²) in [5, 5.41) is 0. The largest absolute Gasteiger partial charge is 0.330 e. The van der Waals surface area contributed by atoms with Gasteiger partial charge in [-0.2, -0.15) is 0 Å². The Bertz CT molecular complexity index is 645. The van der Waals surface area contributed by atoms with Crippen LogP contribution in [0.2, 0.25) is 0 Å². The summed E-state index contributed by atoms with van der Waals surface area (Å²) in [5.74, 6) is -0.636. The van der Waals surface area contributed by atoms with E-state index >= 15 is 0 Å². The van der Waals surface area contributed by atoms with E-state index in [4.69, 9.17) is 5.73 Å². The average Bonchev–Trinajstić information content (AvgIpc) is 2.73. The summed E-state index contributed by atoms with van der Waals surface area (Å²) in [6, 6.07) is 8.85. The Morgan fingerprint density at radius 2 is 1.70 bits per heavy atom. The van der Waals surface area contributed by atoms with Crippen molar-refractivity contribution in [1.29, 1.82) is 0 Å². The van der Waals surface area contributed by atoms with Crippen molar-refractivity contribution < 1.29 is 9.59 Å². The molecule has 2 heterocycles. The van der Waals surface area contributed by atoms with E-state index in [9.17, 15) is 9.59 Å². The number of nitrogens with two attached hydrogens (primary N) is 1. The zero-order valence-electron chi connectivity index (χ0n) is 10.7. The van der Waals surface area contributed by atoms with Crippen LogP contribution in [0.4, 0.5) is 5.69 Å². The third-order valence-corrected chi connectivity index (χ3v) is 3.32. The lowest BCUT2D eigenvalue weighted by molar-refractivity contribution is 0.0926. The molecule has 0 saturated carbocycles. The van der Waals surface area contributed by atoms with Crippen LogP contribution in [0.25, 0.3) is 0 Å². The number of amides is 2. The van der Waals surface area contributed by atoms with Gasteiger partial charge in [-0.25, -0.2) is 4.90 Å². The number of imide groups is 1. The van der Waals surface area contributed by atoms with Crippen molar-refractivity contribution in [3.05, 3.63) is 59.4 Å². The highest BCUT2D eigenvalue weighted by Gasteiger charge is 2.36. The van der Waals surface area contributed by atoms with Gasteiger partial charge in [0.15, 0.2) is 0 Å². The van der Waals surface area contributed by atoms with E-state index in [0.29, 0.717) is 23.4 Å². The highest BCUT2D eigenvalue weighted by Crippen LogP contribution is 2.27. The molecule has 1 aromatic carbocycles. The zero-order valence-corrected chi connectivity index (χ0v) is 10.7. The van der Waals surface area contributed by atoms with E-state index in [2.05, 4.69) is 4.98 Å². The standard InChI is InChI=1S/C15H13N3O2/c16-7-5-10-1-3-11(4-2-10)18-14(19)12-6-8-17-9-13(12)15(18)20/h1-4,6,8-9H,5,7,16H2. The van der Waals surface area contributed by atoms with Crippen molar-refractivity contribution >= 4 is 17.5 Å². The van der Waals surface area contributed by atoms with Crippen LogP contribution in [-0.2, 0) is 6.42 Å². The molecule has 3 rings (SSSR count). The topological polar surface area (TPSA) is 76.3 Å². The minimum absolute atomic E-state index is 0.307. The molecule has 1 aromatic heterocycles. The number of hydrogen-bond acceptors (Lipinski definition) is 4. The highest BCUT2D eigenvalue weighted by atomic mass is 16.2. The van der Waals surface area contributed by atoms with Gasteiger partial charge in [0.2, 0.25) is 0 Å². The molecule has 1 aliphatic rings. The quantitative estimate of drug-likeness (QED) is 0.852. The molecule has 0 spiro atoms. The van der Waals surface area contributed by atoms with Gasteiger partial charge in [-0.3, -0.25) is 14.6 Å². The Morgan fingerprint density at radius 3 is 2.35 bits per heavy atom. The second kappa shape index (κ2) is 4.86. The number of pyridine rings is 1. The van der Waals surface area contributed by atoms with Gasteiger partial charge in [-0.1, -0.05) is 12.1 Å². The van der Waals surface area contributed by atoms with E-state index in [1.807, 2.05) is 12.1 Å². The van der Waals surface area contributed by atoms with E-state index in [1.54, 1.807) is 18.2 Å². The summed E-state index contributed by atoms with van der Waals surface area (Å²) in [6.45, 7) is 0.567. The number of benzene rings is 1. The van der Waals surface area contributed by atoms with Crippen LogP contribution < -0.4 is 10.6 Å². The van der Waals surface area contributed by atoms with Gasteiger partial charge in [-0.05, 0) is 36.7 Å². The number of hydrogen-bond donors (Lipinski definition) is 1. The SMILES string of the molecule is NCCc1ccc(N2C(=O)c3ccncc3C2=O)cc1. The van der Waals surface area contributed by atoms with E-state index in [0.717, 1.165) is 12.0 Å². The van der Waals surface area contributed by atoms with Gasteiger partial charge in [0.1, 0.15) is 0 Å². The number of nitrogens with zero attached hydrogens (tertiary/aromatic N) is 2. The van der Waals surface area contributed by atoms with Crippen LogP contribution in [0.1, 0.15) is 26.3 Å². The number of fused-ring (bicyclic) bond motifs is 1. The molecule has 2 aromatic rings. The van der Waals surface area contributed by atoms with Gasteiger partial charge < -0.3 is 5.73 Å². The summed E-state index contributed by atoms with van der Waals surface area (Å²) in [4.78, 5) is 29.6. The third-order valence-electron chi connectivity index (χ3n) is 3.32. The predicted octanol–water partition coefficient (Wildman–Crippen LogP) is 1.38. The minimum Gasteiger partial charge on any atom is -0.330 e. The molecular formula is C15H13N3O2. The molecular weight excluding hydrogens is 254 g/mol. The molecule has 20 heavy (non-hydrogen) atoms. The summed E-state index contributed by atoms with van der Waals surface area (Å²) in [5.41, 5.74) is 7.89. The first-order valence-electron chi connectivity index (χ1n) is 6.34. The fourth-order valence-electron chi connectivity index (χ4n) is 2.30. The molecule has 0 radical (unpaired) electrons. The van der Waals surface area contributed by atoms with Gasteiger partial charge in [0, 0.05) is 12.4 Å². The molecule has 5 nitrogen and oxygen atoms in total. The number of anilines is 1. The van der Waals surface area contributed by atoms with Gasteiger partial charge >= 0.3 is 0 Å². The van der Waals surface area contributed by atoms with Crippen LogP contribution in [0.5, 0.6) is 0 Å². The third kappa shape index (κ3) is 1.88. The fraction of sp³-hybridized carbons (Fsp3) is 0.133. The van der Waals surface area contributed by atoms with Crippen molar-refractivity contribution in [2.24, 2.45) is 5.73 Å². The Hall–Kier alpha value is -2.53. The van der Waals surface area contributed by atoms with Gasteiger partial charge in [-0.15, -0.1) is 0 Å². The summed E-state index contributed by atoms with van der Waals surface area (Å²) in [6.07, 6.45) is 3.71. The monoisotopic (exact) mass is 267 g/mol. The Labute approximate surface area is 116 Å². The number of carbonyl (C=O) groups excluding carboxylic acids is 2. The smallest absolute Gasteiger partial charge is 0.267 e. The van der Waals surface area contributed by atoms with Crippen molar-refractivity contribution in [3.8, 4) is 0 Å². The number of carbonyl (C=O) groups is 2. The molecule has 0 atom stereocenters. The normalized spacial score (nSPS) is 13.8. The maximum absolute atomic E-state index is 12.3. The van der Waals surface area contributed by atoms with Crippen molar-refractivity contribution in [1.82, 2.24) is 4.98 Å². The lowest BCUT2D eigenvalue weighted by Crippen LogP contribution is -2.29. The van der Waals surface area contributed by atoms with Gasteiger partial charge in [0.05, 0.1) is 16.8 Å². The highest BCUT2D eigenvalue weighted by molar-refractivity contribution is 6.34. The molecule has 2 amide bonds. The van der Waals surface area contributed by atoms with E-state index in [1.165, 1.54) is 17.3 Å². The second-order valence-electron chi connectivity index (χ2n) is 4.57. The van der Waals surface area contributed by atoms with Crippen LogP contribution >= 0.6 is 0 Å². The molecule has 2 N–H and O–H groups in total. The number of aromatic nitrogens is 1. The molecule has 100 valence electrons. The summed E-state index contributed by atoms with van der Waals surface area (Å²) < 4.78 is 0. The van der Waals surface area contributed by atoms with E-state index in [-0.39, 0.29) is 11.8 Å². The first-order chi connectivity index (χ1) is 9.72. The van der Waals surface area contributed by atoms with Crippen molar-refractivity contribution in [2.75, 3.05) is 11.4 Å². The van der Waals surface area contributed by atoms with Crippen LogP contribution in [0.3, 0.4) is 0 Å². The maximum atomic E-state index is 12.3. The molecule has 0 unspecified atom stereocenters. The van der Waals surface area contributed by atoms with Crippen molar-refractivity contribution in [3.63, 3.8) is 0 Å². The molecule has 0 saturated heterocycles. The minimum atomic E-state index is -0.329. The van der Waals surface area contributed by atoms with E-state index < -0.39 is 0 Å². The Morgan fingerprint density at radius 1 is 1.00 bits per heavy atom. The summed E-state index contributed by atoms with van der Waals surface area (Å²) >= 11 is 0. The molecule has 1 aliphatic heterocycles. The Kier molecular flexibility index (Phi) is 3.04. The van der Waals surface area contributed by atoms with Gasteiger partial charge in [0.25, 0.3) is 11.8 Å². The lowest BCUT2D eigenvalue weighted by atomic mass is 10.1. The molecule has 0 aliphatic carbocycles. The number of rotatable bonds is 3. The molecule has 0 fully saturated rings. The molecule has 0 bridgehead atoms. The van der Waals surface area contributed by atoms with Crippen molar-refractivity contribution in [2.45, 2.75) is 6.42 Å². The molecule has 5 heteroatoms. The fourth-order valence-corrected chi connectivity index (χ4v) is 2.30. The second-order valence-corrected chi connectivity index (χ2v) is 4.57. The van der Waals surface area contributed by atoms with Crippen LogP contribution in [0, 0.1) is 0 Å². The maximum Gasteiger partial charge on any atom is 0.267 e. The first kappa shape index (κ1) is 12.5. The average molecular weight is 267 g/mol. The predicted molar refractivity (Wildman–Crippen MR) is 74.6 cm³/mol. The van der Waals surface area contributed by atoms with Crippen LogP contribution in [-0.4, -0.2) is 23.3 Å². The van der Waals surface area contributed by atoms with Crippen LogP contribution in [0.15, 0.2) is 42.7 Å².